The minimum absolute atomic E-state index is 0.00755. The molecule has 0 bridgehead atoms. The zero-order chi connectivity index (χ0) is 30.3. The van der Waals surface area contributed by atoms with Crippen LogP contribution in [0.2, 0.25) is 15.1 Å². The van der Waals surface area contributed by atoms with Gasteiger partial charge < -0.3 is 10.2 Å². The Kier molecular flexibility index (Phi) is 11.4. The number of benzene rings is 3. The molecule has 1 N–H and O–H groups in total. The number of nitrogens with one attached hydrogen (secondary N) is 1. The molecule has 1 unspecified atom stereocenters. The van der Waals surface area contributed by atoms with E-state index in [0.717, 1.165) is 28.3 Å². The average Bonchev–Trinajstić information content (AvgIpc) is 2.90. The SMILES string of the molecule is CC(C)CNC(=O)C(Cc1ccccc1)N(Cc1c(Cl)cccc1Cl)C(=O)CN(c1ccc(F)c(Cl)c1)S(C)(=O)=O. The minimum atomic E-state index is -4.04. The second-order valence-corrected chi connectivity index (χ2v) is 13.1. The highest BCUT2D eigenvalue weighted by Gasteiger charge is 2.34. The molecule has 0 aliphatic carbocycles. The van der Waals surface area contributed by atoms with E-state index in [1.807, 2.05) is 44.2 Å². The van der Waals surface area contributed by atoms with Gasteiger partial charge in [0.15, 0.2) is 0 Å². The lowest BCUT2D eigenvalue weighted by molar-refractivity contribution is -0.140. The van der Waals surface area contributed by atoms with Gasteiger partial charge in [-0.1, -0.05) is 85.0 Å². The van der Waals surface area contributed by atoms with E-state index in [0.29, 0.717) is 12.1 Å². The summed E-state index contributed by atoms with van der Waals surface area (Å²) < 4.78 is 40.3. The van der Waals surface area contributed by atoms with Crippen LogP contribution in [0.25, 0.3) is 0 Å². The first kappa shape index (κ1) is 32.7. The third kappa shape index (κ3) is 9.07. The Morgan fingerprint density at radius 1 is 0.927 bits per heavy atom. The topological polar surface area (TPSA) is 86.8 Å². The normalized spacial score (nSPS) is 12.2. The molecule has 220 valence electrons. The first-order valence-electron chi connectivity index (χ1n) is 12.7. The summed E-state index contributed by atoms with van der Waals surface area (Å²) in [5, 5.41) is 3.14. The van der Waals surface area contributed by atoms with Gasteiger partial charge in [0.1, 0.15) is 18.4 Å². The molecule has 3 aromatic rings. The van der Waals surface area contributed by atoms with Crippen molar-refractivity contribution in [2.24, 2.45) is 5.92 Å². The molecule has 1 atom stereocenters. The summed E-state index contributed by atoms with van der Waals surface area (Å²) >= 11 is 18.8. The number of halogens is 4. The van der Waals surface area contributed by atoms with Crippen molar-refractivity contribution in [1.29, 1.82) is 0 Å². The fourth-order valence-electron chi connectivity index (χ4n) is 4.08. The largest absolute Gasteiger partial charge is 0.354 e. The van der Waals surface area contributed by atoms with Crippen molar-refractivity contribution in [2.75, 3.05) is 23.7 Å². The van der Waals surface area contributed by atoms with Crippen molar-refractivity contribution in [3.63, 3.8) is 0 Å². The van der Waals surface area contributed by atoms with Crippen LogP contribution in [-0.2, 0) is 32.6 Å². The molecule has 0 aliphatic rings. The number of hydrogen-bond acceptors (Lipinski definition) is 4. The Morgan fingerprint density at radius 3 is 2.12 bits per heavy atom. The predicted octanol–water partition coefficient (Wildman–Crippen LogP) is 5.96. The Labute approximate surface area is 255 Å². The maximum atomic E-state index is 14.1. The standard InChI is InChI=1S/C29H31Cl3FN3O4S/c1-19(2)16-34-29(38)27(14-20-8-5-4-6-9-20)35(17-22-23(30)10-7-11-24(22)31)28(37)18-36(41(3,39)40)21-12-13-26(33)25(32)15-21/h4-13,15,19,27H,14,16-18H2,1-3H3,(H,34,38). The molecule has 3 aromatic carbocycles. The Bertz CT molecular complexity index is 1470. The van der Waals surface area contributed by atoms with E-state index < -0.39 is 40.2 Å². The van der Waals surface area contributed by atoms with Crippen molar-refractivity contribution in [3.8, 4) is 0 Å². The third-order valence-electron chi connectivity index (χ3n) is 6.22. The van der Waals surface area contributed by atoms with Crippen LogP contribution in [0.5, 0.6) is 0 Å². The first-order chi connectivity index (χ1) is 19.3. The monoisotopic (exact) mass is 641 g/mol. The highest BCUT2D eigenvalue weighted by Crippen LogP contribution is 2.29. The van der Waals surface area contributed by atoms with Gasteiger partial charge in [-0.25, -0.2) is 12.8 Å². The fourth-order valence-corrected chi connectivity index (χ4v) is 5.62. The minimum Gasteiger partial charge on any atom is -0.354 e. The summed E-state index contributed by atoms with van der Waals surface area (Å²) in [5.41, 5.74) is 1.17. The number of nitrogens with zero attached hydrogens (tertiary/aromatic N) is 2. The number of anilines is 1. The van der Waals surface area contributed by atoms with E-state index in [9.17, 15) is 22.4 Å². The van der Waals surface area contributed by atoms with Gasteiger partial charge in [0, 0.05) is 35.1 Å². The number of carbonyl (C=O) groups excluding carboxylic acids is 2. The van der Waals surface area contributed by atoms with Gasteiger partial charge in [-0.2, -0.15) is 0 Å². The van der Waals surface area contributed by atoms with Crippen LogP contribution in [0.3, 0.4) is 0 Å². The lowest BCUT2D eigenvalue weighted by atomic mass is 10.0. The predicted molar refractivity (Wildman–Crippen MR) is 162 cm³/mol. The average molecular weight is 643 g/mol. The van der Waals surface area contributed by atoms with E-state index in [4.69, 9.17) is 34.8 Å². The molecule has 7 nitrogen and oxygen atoms in total. The lowest BCUT2D eigenvalue weighted by Gasteiger charge is -2.34. The van der Waals surface area contributed by atoms with Crippen molar-refractivity contribution < 1.29 is 22.4 Å². The smallest absolute Gasteiger partial charge is 0.244 e. The van der Waals surface area contributed by atoms with Crippen LogP contribution < -0.4 is 9.62 Å². The van der Waals surface area contributed by atoms with Gasteiger partial charge in [-0.15, -0.1) is 0 Å². The van der Waals surface area contributed by atoms with E-state index in [-0.39, 0.29) is 39.6 Å². The summed E-state index contributed by atoms with van der Waals surface area (Å²) in [6.07, 6.45) is 1.06. The molecule has 2 amide bonds. The third-order valence-corrected chi connectivity index (χ3v) is 8.35. The molecule has 0 saturated heterocycles. The van der Waals surface area contributed by atoms with E-state index in [2.05, 4.69) is 5.32 Å². The summed E-state index contributed by atoms with van der Waals surface area (Å²) in [4.78, 5) is 29.0. The highest BCUT2D eigenvalue weighted by atomic mass is 35.5. The molecular weight excluding hydrogens is 612 g/mol. The van der Waals surface area contributed by atoms with Crippen LogP contribution >= 0.6 is 34.8 Å². The summed E-state index contributed by atoms with van der Waals surface area (Å²) in [7, 11) is -4.04. The van der Waals surface area contributed by atoms with Gasteiger partial charge in [0.25, 0.3) is 0 Å². The van der Waals surface area contributed by atoms with Gasteiger partial charge in [0.05, 0.1) is 17.0 Å². The van der Waals surface area contributed by atoms with Crippen LogP contribution in [0.1, 0.15) is 25.0 Å². The Balaban J connectivity index is 2.10. The molecule has 0 saturated carbocycles. The molecule has 0 aromatic heterocycles. The second-order valence-electron chi connectivity index (χ2n) is 9.93. The quantitative estimate of drug-likeness (QED) is 0.264. The zero-order valence-corrected chi connectivity index (χ0v) is 25.9. The van der Waals surface area contributed by atoms with Crippen molar-refractivity contribution >= 4 is 62.3 Å². The molecule has 0 radical (unpaired) electrons. The van der Waals surface area contributed by atoms with E-state index in [1.165, 1.54) is 11.0 Å². The van der Waals surface area contributed by atoms with E-state index in [1.54, 1.807) is 18.2 Å². The summed E-state index contributed by atoms with van der Waals surface area (Å²) in [6, 6.07) is 16.3. The molecule has 0 fully saturated rings. The first-order valence-corrected chi connectivity index (χ1v) is 15.7. The van der Waals surface area contributed by atoms with E-state index >= 15 is 0 Å². The molecule has 0 heterocycles. The molecule has 3 rings (SSSR count). The van der Waals surface area contributed by atoms with Crippen molar-refractivity contribution in [3.05, 3.63) is 98.7 Å². The van der Waals surface area contributed by atoms with Crippen LogP contribution in [0.15, 0.2) is 66.7 Å². The molecule has 0 aliphatic heterocycles. The highest BCUT2D eigenvalue weighted by molar-refractivity contribution is 7.92. The summed E-state index contributed by atoms with van der Waals surface area (Å²) in [5.74, 6) is -1.72. The van der Waals surface area contributed by atoms with Crippen molar-refractivity contribution in [2.45, 2.75) is 32.9 Å². The number of sulfonamides is 1. The Morgan fingerprint density at radius 2 is 1.56 bits per heavy atom. The maximum absolute atomic E-state index is 14.1. The van der Waals surface area contributed by atoms with Gasteiger partial charge in [-0.05, 0) is 41.8 Å². The van der Waals surface area contributed by atoms with Gasteiger partial charge in [0.2, 0.25) is 21.8 Å². The molecule has 0 spiro atoms. The van der Waals surface area contributed by atoms with Gasteiger partial charge >= 0.3 is 0 Å². The van der Waals surface area contributed by atoms with Crippen LogP contribution in [0.4, 0.5) is 10.1 Å². The fraction of sp³-hybridized carbons (Fsp3) is 0.310. The number of carbonyl (C=O) groups is 2. The number of rotatable bonds is 12. The molecule has 41 heavy (non-hydrogen) atoms. The maximum Gasteiger partial charge on any atom is 0.244 e. The number of amides is 2. The molecular formula is C29H31Cl3FN3O4S. The lowest BCUT2D eigenvalue weighted by Crippen LogP contribution is -2.53. The Hall–Kier alpha value is -2.85. The molecule has 12 heteroatoms. The second kappa shape index (κ2) is 14.4. The summed E-state index contributed by atoms with van der Waals surface area (Å²) in [6.45, 7) is 3.38. The van der Waals surface area contributed by atoms with Crippen LogP contribution in [-0.4, -0.2) is 50.5 Å². The zero-order valence-electron chi connectivity index (χ0n) is 22.8. The number of hydrogen-bond donors (Lipinski definition) is 1. The van der Waals surface area contributed by atoms with Crippen LogP contribution in [0, 0.1) is 11.7 Å². The van der Waals surface area contributed by atoms with Crippen molar-refractivity contribution in [1.82, 2.24) is 10.2 Å². The van der Waals surface area contributed by atoms with Gasteiger partial charge in [-0.3, -0.25) is 13.9 Å².